The second-order valence-corrected chi connectivity index (χ2v) is 5.49. The van der Waals surface area contributed by atoms with Crippen molar-refractivity contribution in [2.45, 2.75) is 13.3 Å². The molecule has 0 heterocycles. The fourth-order valence-electron chi connectivity index (χ4n) is 2.03. The number of esters is 1. The summed E-state index contributed by atoms with van der Waals surface area (Å²) in [5.41, 5.74) is -0.205. The highest BCUT2D eigenvalue weighted by molar-refractivity contribution is 9.10. The normalized spacial score (nSPS) is 11.1. The Morgan fingerprint density at radius 1 is 1.17 bits per heavy atom. The predicted octanol–water partition coefficient (Wildman–Crippen LogP) is 4.88. The molecule has 2 aromatic carbocycles. The van der Waals surface area contributed by atoms with Gasteiger partial charge in [0.15, 0.2) is 0 Å². The van der Waals surface area contributed by atoms with Gasteiger partial charge in [0.1, 0.15) is 22.8 Å². The second kappa shape index (κ2) is 7.12. The number of alkyl halides is 3. The molecule has 24 heavy (non-hydrogen) atoms. The number of para-hydroxylation sites is 1. The Kier molecular flexibility index (Phi) is 5.38. The van der Waals surface area contributed by atoms with Gasteiger partial charge in [-0.2, -0.15) is 0 Å². The minimum absolute atomic E-state index is 0.00503. The van der Waals surface area contributed by atoms with Gasteiger partial charge in [0, 0.05) is 5.56 Å². The lowest BCUT2D eigenvalue weighted by atomic mass is 10.1. The summed E-state index contributed by atoms with van der Waals surface area (Å²) < 4.78 is 52.0. The Balaban J connectivity index is 2.47. The number of rotatable bonds is 4. The van der Waals surface area contributed by atoms with E-state index < -0.39 is 18.1 Å². The van der Waals surface area contributed by atoms with Crippen molar-refractivity contribution in [1.82, 2.24) is 0 Å². The van der Waals surface area contributed by atoms with Crippen molar-refractivity contribution in [3.05, 3.63) is 52.0 Å². The highest BCUT2D eigenvalue weighted by Gasteiger charge is 2.34. The molecule has 0 saturated heterocycles. The summed E-state index contributed by atoms with van der Waals surface area (Å²) in [4.78, 5) is 12.4. The number of hydrogen-bond donors (Lipinski definition) is 0. The average Bonchev–Trinajstić information content (AvgIpc) is 2.50. The van der Waals surface area contributed by atoms with Gasteiger partial charge in [-0.1, -0.05) is 18.2 Å². The number of hydrogen-bond acceptors (Lipinski definition) is 4. The molecule has 0 unspecified atom stereocenters. The van der Waals surface area contributed by atoms with Crippen LogP contribution >= 0.6 is 15.9 Å². The molecule has 0 aliphatic rings. The molecule has 0 spiro atoms. The topological polar surface area (TPSA) is 44.8 Å². The Bertz CT molecular complexity index is 745. The number of carbonyl (C=O) groups is 1. The molecule has 0 N–H and O–H groups in total. The van der Waals surface area contributed by atoms with Crippen LogP contribution in [0.3, 0.4) is 0 Å². The fourth-order valence-corrected chi connectivity index (χ4v) is 2.62. The molecule has 8 heteroatoms. The van der Waals surface area contributed by atoms with Crippen LogP contribution in [0.4, 0.5) is 13.2 Å². The fraction of sp³-hybridized carbons (Fsp3) is 0.188. The Hall–Kier alpha value is -2.22. The second-order valence-electron chi connectivity index (χ2n) is 4.64. The molecule has 0 aliphatic heterocycles. The smallest absolute Gasteiger partial charge is 0.496 e. The zero-order valence-electron chi connectivity index (χ0n) is 12.6. The molecule has 0 saturated carbocycles. The van der Waals surface area contributed by atoms with E-state index in [4.69, 9.17) is 9.47 Å². The van der Waals surface area contributed by atoms with Gasteiger partial charge in [-0.05, 0) is 41.1 Å². The third-order valence-electron chi connectivity index (χ3n) is 3.03. The van der Waals surface area contributed by atoms with E-state index in [9.17, 15) is 18.0 Å². The van der Waals surface area contributed by atoms with E-state index in [1.54, 1.807) is 30.3 Å². The molecular weight excluding hydrogens is 393 g/mol. The standard InChI is InChI=1S/C16H12BrF3O4/c1-9-13(15(21)23-10-6-4-3-5-7-10)12(22-2)8-11(17)14(9)24-16(18,19)20/h3-8H,1-2H3. The van der Waals surface area contributed by atoms with E-state index in [1.807, 2.05) is 0 Å². The maximum absolute atomic E-state index is 12.6. The number of methoxy groups -OCH3 is 1. The van der Waals surface area contributed by atoms with Crippen molar-refractivity contribution in [1.29, 1.82) is 0 Å². The van der Waals surface area contributed by atoms with E-state index in [1.165, 1.54) is 20.1 Å². The van der Waals surface area contributed by atoms with Crippen LogP contribution in [0.5, 0.6) is 17.2 Å². The average molecular weight is 405 g/mol. The van der Waals surface area contributed by atoms with Crippen molar-refractivity contribution in [3.63, 3.8) is 0 Å². The van der Waals surface area contributed by atoms with Crippen molar-refractivity contribution in [3.8, 4) is 17.2 Å². The van der Waals surface area contributed by atoms with Gasteiger partial charge in [-0.3, -0.25) is 0 Å². The lowest BCUT2D eigenvalue weighted by Gasteiger charge is -2.18. The van der Waals surface area contributed by atoms with Crippen LogP contribution in [0.2, 0.25) is 0 Å². The molecule has 0 bridgehead atoms. The maximum atomic E-state index is 12.6. The first-order valence-corrected chi connectivity index (χ1v) is 7.42. The lowest BCUT2D eigenvalue weighted by molar-refractivity contribution is -0.275. The SMILES string of the molecule is COc1cc(Br)c(OC(F)(F)F)c(C)c1C(=O)Oc1ccccc1. The monoisotopic (exact) mass is 404 g/mol. The van der Waals surface area contributed by atoms with Gasteiger partial charge < -0.3 is 14.2 Å². The lowest BCUT2D eigenvalue weighted by Crippen LogP contribution is -2.20. The molecule has 128 valence electrons. The van der Waals surface area contributed by atoms with Crippen molar-refractivity contribution in [2.75, 3.05) is 7.11 Å². The first-order chi connectivity index (χ1) is 11.2. The molecule has 0 aromatic heterocycles. The molecule has 0 aliphatic carbocycles. The molecule has 0 atom stereocenters. The highest BCUT2D eigenvalue weighted by atomic mass is 79.9. The summed E-state index contributed by atoms with van der Waals surface area (Å²) in [7, 11) is 1.30. The predicted molar refractivity (Wildman–Crippen MR) is 83.5 cm³/mol. The van der Waals surface area contributed by atoms with Crippen LogP contribution in [0.1, 0.15) is 15.9 Å². The Morgan fingerprint density at radius 3 is 2.33 bits per heavy atom. The van der Waals surface area contributed by atoms with Crippen molar-refractivity contribution < 1.29 is 32.2 Å². The van der Waals surface area contributed by atoms with E-state index >= 15 is 0 Å². The first kappa shape index (κ1) is 18.1. The first-order valence-electron chi connectivity index (χ1n) is 6.63. The molecule has 2 rings (SSSR count). The summed E-state index contributed by atoms with van der Waals surface area (Å²) >= 11 is 2.98. The van der Waals surface area contributed by atoms with Crippen molar-refractivity contribution in [2.24, 2.45) is 0 Å². The van der Waals surface area contributed by atoms with Gasteiger partial charge in [-0.15, -0.1) is 13.2 Å². The minimum atomic E-state index is -4.90. The van der Waals surface area contributed by atoms with Gasteiger partial charge in [-0.25, -0.2) is 4.79 Å². The number of benzene rings is 2. The van der Waals surface area contributed by atoms with Crippen molar-refractivity contribution >= 4 is 21.9 Å². The summed E-state index contributed by atoms with van der Waals surface area (Å²) in [6, 6.07) is 9.37. The largest absolute Gasteiger partial charge is 0.573 e. The van der Waals surface area contributed by atoms with Crippen LogP contribution in [0.15, 0.2) is 40.9 Å². The van der Waals surface area contributed by atoms with Crippen LogP contribution in [-0.4, -0.2) is 19.4 Å². The third-order valence-corrected chi connectivity index (χ3v) is 3.62. The zero-order chi connectivity index (χ0) is 17.9. The van der Waals surface area contributed by atoms with Gasteiger partial charge >= 0.3 is 12.3 Å². The molecule has 0 amide bonds. The maximum Gasteiger partial charge on any atom is 0.573 e. The van der Waals surface area contributed by atoms with Crippen LogP contribution in [0, 0.1) is 6.92 Å². The van der Waals surface area contributed by atoms with Gasteiger partial charge in [0.05, 0.1) is 11.6 Å². The summed E-state index contributed by atoms with van der Waals surface area (Å²) in [6.07, 6.45) is -4.90. The quantitative estimate of drug-likeness (QED) is 0.537. The summed E-state index contributed by atoms with van der Waals surface area (Å²) in [5.74, 6) is -1.06. The molecule has 0 radical (unpaired) electrons. The van der Waals surface area contributed by atoms with E-state index in [-0.39, 0.29) is 27.1 Å². The minimum Gasteiger partial charge on any atom is -0.496 e. The Labute approximate surface area is 144 Å². The van der Waals surface area contributed by atoms with Gasteiger partial charge in [0.25, 0.3) is 0 Å². The molecule has 2 aromatic rings. The van der Waals surface area contributed by atoms with Crippen LogP contribution in [-0.2, 0) is 0 Å². The number of halogens is 4. The van der Waals surface area contributed by atoms with E-state index in [0.29, 0.717) is 0 Å². The number of ether oxygens (including phenoxy) is 3. The van der Waals surface area contributed by atoms with Crippen LogP contribution < -0.4 is 14.2 Å². The van der Waals surface area contributed by atoms with Crippen LogP contribution in [0.25, 0.3) is 0 Å². The number of carbonyl (C=O) groups excluding carboxylic acids is 1. The third kappa shape index (κ3) is 4.19. The summed E-state index contributed by atoms with van der Waals surface area (Å²) in [6.45, 7) is 1.32. The van der Waals surface area contributed by atoms with E-state index in [0.717, 1.165) is 0 Å². The highest BCUT2D eigenvalue weighted by Crippen LogP contribution is 2.40. The molecule has 4 nitrogen and oxygen atoms in total. The summed E-state index contributed by atoms with van der Waals surface area (Å²) in [5, 5.41) is 0. The van der Waals surface area contributed by atoms with Gasteiger partial charge in [0.2, 0.25) is 0 Å². The molecule has 0 fully saturated rings. The zero-order valence-corrected chi connectivity index (χ0v) is 14.2. The molecular formula is C16H12BrF3O4. The van der Waals surface area contributed by atoms with E-state index in [2.05, 4.69) is 20.7 Å². The Morgan fingerprint density at radius 2 is 1.79 bits per heavy atom.